The van der Waals surface area contributed by atoms with E-state index in [2.05, 4.69) is 10.3 Å². The molecule has 2 atom stereocenters. The second-order valence-electron chi connectivity index (χ2n) is 8.35. The number of hydrogen-bond donors (Lipinski definition) is 2. The van der Waals surface area contributed by atoms with Crippen molar-refractivity contribution >= 4 is 16.8 Å². The normalized spacial score (nSPS) is 19.2. The fourth-order valence-electron chi connectivity index (χ4n) is 4.44. The van der Waals surface area contributed by atoms with Crippen LogP contribution in [0.1, 0.15) is 41.7 Å². The lowest BCUT2D eigenvalue weighted by atomic mass is 9.89. The highest BCUT2D eigenvalue weighted by molar-refractivity contribution is 5.98. The summed E-state index contributed by atoms with van der Waals surface area (Å²) in [7, 11) is 0. The Morgan fingerprint density at radius 1 is 1.09 bits per heavy atom. The van der Waals surface area contributed by atoms with Gasteiger partial charge in [0, 0.05) is 29.5 Å². The maximum absolute atomic E-state index is 13.4. The molecular formula is C24H25F4N3O. The average molecular weight is 447 g/mol. The molecule has 2 N–H and O–H groups in total. The zero-order valence-corrected chi connectivity index (χ0v) is 17.5. The van der Waals surface area contributed by atoms with E-state index in [1.807, 2.05) is 12.1 Å². The van der Waals surface area contributed by atoms with Gasteiger partial charge in [0.25, 0.3) is 5.91 Å². The number of carbonyl (C=O) groups is 1. The molecule has 1 unspecified atom stereocenters. The lowest BCUT2D eigenvalue weighted by Gasteiger charge is -2.38. The molecule has 8 heteroatoms. The quantitative estimate of drug-likeness (QED) is 0.496. The van der Waals surface area contributed by atoms with Gasteiger partial charge < -0.3 is 15.2 Å². The molecule has 0 bridgehead atoms. The highest BCUT2D eigenvalue weighted by Gasteiger charge is 2.39. The van der Waals surface area contributed by atoms with E-state index >= 15 is 0 Å². The first kappa shape index (κ1) is 22.3. The van der Waals surface area contributed by atoms with Crippen molar-refractivity contribution in [3.05, 3.63) is 71.7 Å². The molecule has 1 heterocycles. The van der Waals surface area contributed by atoms with Gasteiger partial charge in [-0.05, 0) is 55.5 Å². The predicted molar refractivity (Wildman–Crippen MR) is 115 cm³/mol. The maximum atomic E-state index is 13.4. The fourth-order valence-corrected chi connectivity index (χ4v) is 4.44. The third kappa shape index (κ3) is 5.48. The van der Waals surface area contributed by atoms with Crippen LogP contribution in [0.25, 0.3) is 10.9 Å². The van der Waals surface area contributed by atoms with Crippen molar-refractivity contribution in [3.63, 3.8) is 0 Å². The summed E-state index contributed by atoms with van der Waals surface area (Å²) < 4.78 is 53.6. The molecule has 170 valence electrons. The number of rotatable bonds is 6. The zero-order valence-electron chi connectivity index (χ0n) is 17.5. The number of fused-ring (bicyclic) bond motifs is 1. The van der Waals surface area contributed by atoms with E-state index in [4.69, 9.17) is 0 Å². The van der Waals surface area contributed by atoms with Crippen molar-refractivity contribution in [2.75, 3.05) is 6.54 Å². The van der Waals surface area contributed by atoms with Crippen molar-refractivity contribution in [1.29, 1.82) is 0 Å². The molecule has 0 aliphatic heterocycles. The summed E-state index contributed by atoms with van der Waals surface area (Å²) >= 11 is 0. The number of carbonyl (C=O) groups excluding carboxylic acids is 1. The van der Waals surface area contributed by atoms with E-state index < -0.39 is 24.7 Å². The molecule has 3 aromatic rings. The summed E-state index contributed by atoms with van der Waals surface area (Å²) in [5.74, 6) is -0.972. The smallest absolute Gasteiger partial charge is 0.351 e. The predicted octanol–water partition coefficient (Wildman–Crippen LogP) is 5.41. The lowest BCUT2D eigenvalue weighted by Crippen LogP contribution is -2.50. The lowest BCUT2D eigenvalue weighted by molar-refractivity contribution is -0.146. The molecule has 1 fully saturated rings. The highest BCUT2D eigenvalue weighted by atomic mass is 19.4. The van der Waals surface area contributed by atoms with Gasteiger partial charge in [-0.2, -0.15) is 13.2 Å². The van der Waals surface area contributed by atoms with Gasteiger partial charge in [0.05, 0.1) is 0 Å². The number of nitrogens with zero attached hydrogens (tertiary/aromatic N) is 1. The van der Waals surface area contributed by atoms with Crippen molar-refractivity contribution in [1.82, 2.24) is 15.2 Å². The minimum absolute atomic E-state index is 0.0525. The number of aromatic amines is 1. The van der Waals surface area contributed by atoms with Crippen LogP contribution in [0.2, 0.25) is 0 Å². The Hall–Kier alpha value is -2.87. The standard InChI is InChI=1S/C24H25F4N3O/c25-18-7-3-5-16(11-18)14-29-19-8-4-9-20(13-19)31(15-24(26,27)28)23(32)22-12-17-6-1-2-10-21(17)30-22/h1-3,5-7,10-12,19-20,29-30H,4,8-9,13-15H2/t19?,20-/m0/s1. The highest BCUT2D eigenvalue weighted by Crippen LogP contribution is 2.29. The molecule has 1 saturated carbocycles. The van der Waals surface area contributed by atoms with Crippen molar-refractivity contribution in [3.8, 4) is 0 Å². The number of H-pyrrole nitrogens is 1. The fraction of sp³-hybridized carbons (Fsp3) is 0.375. The third-order valence-corrected chi connectivity index (χ3v) is 5.94. The van der Waals surface area contributed by atoms with Crippen LogP contribution in [0.5, 0.6) is 0 Å². The maximum Gasteiger partial charge on any atom is 0.406 e. The Morgan fingerprint density at radius 2 is 1.91 bits per heavy atom. The topological polar surface area (TPSA) is 48.1 Å². The number of nitrogens with one attached hydrogen (secondary N) is 2. The van der Waals surface area contributed by atoms with Gasteiger partial charge in [0.2, 0.25) is 0 Å². The Kier molecular flexibility index (Phi) is 6.50. The minimum Gasteiger partial charge on any atom is -0.351 e. The summed E-state index contributed by atoms with van der Waals surface area (Å²) in [5.41, 5.74) is 1.64. The molecule has 1 aromatic heterocycles. The Morgan fingerprint density at radius 3 is 2.66 bits per heavy atom. The van der Waals surface area contributed by atoms with E-state index in [0.717, 1.165) is 22.3 Å². The molecule has 1 amide bonds. The Bertz CT molecular complexity index is 1050. The van der Waals surface area contributed by atoms with Crippen LogP contribution in [0.3, 0.4) is 0 Å². The van der Waals surface area contributed by atoms with Crippen LogP contribution >= 0.6 is 0 Å². The van der Waals surface area contributed by atoms with Gasteiger partial charge in [-0.3, -0.25) is 4.79 Å². The zero-order chi connectivity index (χ0) is 22.7. The van der Waals surface area contributed by atoms with E-state index in [1.165, 1.54) is 12.1 Å². The second-order valence-corrected chi connectivity index (χ2v) is 8.35. The summed E-state index contributed by atoms with van der Waals surface area (Å²) in [4.78, 5) is 17.1. The molecule has 4 nitrogen and oxygen atoms in total. The second kappa shape index (κ2) is 9.32. The number of para-hydroxylation sites is 1. The van der Waals surface area contributed by atoms with Crippen molar-refractivity contribution in [2.45, 2.75) is 50.5 Å². The van der Waals surface area contributed by atoms with E-state index in [1.54, 1.807) is 30.3 Å². The number of benzene rings is 2. The number of amides is 1. The van der Waals surface area contributed by atoms with Crippen LogP contribution < -0.4 is 5.32 Å². The van der Waals surface area contributed by atoms with Crippen molar-refractivity contribution in [2.24, 2.45) is 0 Å². The van der Waals surface area contributed by atoms with Gasteiger partial charge in [0.1, 0.15) is 18.1 Å². The number of alkyl halides is 3. The summed E-state index contributed by atoms with van der Waals surface area (Å²) in [6.07, 6.45) is -2.06. The molecular weight excluding hydrogens is 422 g/mol. The molecule has 0 spiro atoms. The number of aromatic nitrogens is 1. The van der Waals surface area contributed by atoms with Crippen LogP contribution in [0, 0.1) is 5.82 Å². The van der Waals surface area contributed by atoms with Gasteiger partial charge in [-0.1, -0.05) is 30.3 Å². The van der Waals surface area contributed by atoms with Crippen LogP contribution in [-0.2, 0) is 6.54 Å². The molecule has 32 heavy (non-hydrogen) atoms. The number of halogens is 4. The molecule has 1 aliphatic rings. The molecule has 4 rings (SSSR count). The summed E-state index contributed by atoms with van der Waals surface area (Å²) in [5, 5.41) is 4.10. The van der Waals surface area contributed by atoms with Gasteiger partial charge >= 0.3 is 6.18 Å². The van der Waals surface area contributed by atoms with E-state index in [-0.39, 0.29) is 17.6 Å². The van der Waals surface area contributed by atoms with Gasteiger partial charge in [0.15, 0.2) is 0 Å². The average Bonchev–Trinajstić information content (AvgIpc) is 3.20. The first-order chi connectivity index (χ1) is 15.3. The summed E-state index contributed by atoms with van der Waals surface area (Å²) in [6.45, 7) is -0.868. The summed E-state index contributed by atoms with van der Waals surface area (Å²) in [6, 6.07) is 14.4. The largest absolute Gasteiger partial charge is 0.406 e. The third-order valence-electron chi connectivity index (χ3n) is 5.94. The number of hydrogen-bond acceptors (Lipinski definition) is 2. The molecule has 2 aromatic carbocycles. The molecule has 1 aliphatic carbocycles. The molecule has 0 saturated heterocycles. The van der Waals surface area contributed by atoms with E-state index in [0.29, 0.717) is 31.3 Å². The monoisotopic (exact) mass is 447 g/mol. The van der Waals surface area contributed by atoms with Crippen LogP contribution in [0.15, 0.2) is 54.6 Å². The molecule has 0 radical (unpaired) electrons. The van der Waals surface area contributed by atoms with Crippen molar-refractivity contribution < 1.29 is 22.4 Å². The first-order valence-electron chi connectivity index (χ1n) is 10.7. The van der Waals surface area contributed by atoms with Crippen LogP contribution in [-0.4, -0.2) is 40.6 Å². The SMILES string of the molecule is O=C(c1cc2ccccc2[nH]1)N(CC(F)(F)F)[C@H]1CCCC(NCc2cccc(F)c2)C1. The van der Waals surface area contributed by atoms with Crippen LogP contribution in [0.4, 0.5) is 17.6 Å². The Balaban J connectivity index is 1.49. The van der Waals surface area contributed by atoms with Gasteiger partial charge in [-0.15, -0.1) is 0 Å². The van der Waals surface area contributed by atoms with Gasteiger partial charge in [-0.25, -0.2) is 4.39 Å². The Labute approximate surface area is 183 Å². The first-order valence-corrected chi connectivity index (χ1v) is 10.7. The minimum atomic E-state index is -4.50. The van der Waals surface area contributed by atoms with E-state index in [9.17, 15) is 22.4 Å².